The van der Waals surface area contributed by atoms with Crippen LogP contribution in [0.5, 0.6) is 0 Å². The van der Waals surface area contributed by atoms with E-state index in [0.29, 0.717) is 5.56 Å². The van der Waals surface area contributed by atoms with Crippen molar-refractivity contribution < 1.29 is 13.2 Å². The lowest BCUT2D eigenvalue weighted by Gasteiger charge is -2.18. The van der Waals surface area contributed by atoms with Crippen LogP contribution < -0.4 is 5.32 Å². The Labute approximate surface area is 134 Å². The summed E-state index contributed by atoms with van der Waals surface area (Å²) in [6.45, 7) is 2.06. The largest absolute Gasteiger partial charge is 0.417 e. The number of rotatable bonds is 4. The summed E-state index contributed by atoms with van der Waals surface area (Å²) in [6, 6.07) is 8.14. The molecule has 1 atom stereocenters. The molecule has 0 saturated heterocycles. The van der Waals surface area contributed by atoms with Crippen molar-refractivity contribution in [2.75, 3.05) is 7.05 Å². The highest BCUT2D eigenvalue weighted by Crippen LogP contribution is 2.38. The topological polar surface area (TPSA) is 12.0 Å². The van der Waals surface area contributed by atoms with Crippen LogP contribution in [-0.4, -0.2) is 7.05 Å². The molecule has 0 saturated carbocycles. The van der Waals surface area contributed by atoms with Gasteiger partial charge in [0, 0.05) is 14.2 Å². The van der Waals surface area contributed by atoms with Crippen molar-refractivity contribution >= 4 is 27.3 Å². The van der Waals surface area contributed by atoms with Crippen LogP contribution in [0, 0.1) is 0 Å². The summed E-state index contributed by atoms with van der Waals surface area (Å²) in [4.78, 5) is 2.24. The second-order valence-electron chi connectivity index (χ2n) is 4.62. The van der Waals surface area contributed by atoms with Crippen molar-refractivity contribution in [3.8, 4) is 0 Å². The molecule has 2 rings (SSSR count). The molecule has 114 valence electrons. The predicted octanol–water partition coefficient (Wildman–Crippen LogP) is 5.40. The van der Waals surface area contributed by atoms with Crippen molar-refractivity contribution in [1.29, 1.82) is 0 Å². The van der Waals surface area contributed by atoms with Gasteiger partial charge < -0.3 is 5.32 Å². The van der Waals surface area contributed by atoms with Crippen LogP contribution in [0.15, 0.2) is 34.8 Å². The Morgan fingerprint density at radius 2 is 1.95 bits per heavy atom. The predicted molar refractivity (Wildman–Crippen MR) is 83.7 cm³/mol. The third-order valence-corrected chi connectivity index (χ3v) is 5.22. The highest BCUT2D eigenvalue weighted by molar-refractivity contribution is 9.10. The smallest absolute Gasteiger partial charge is 0.309 e. The van der Waals surface area contributed by atoms with Crippen LogP contribution in [-0.2, 0) is 12.6 Å². The molecule has 1 aromatic heterocycles. The van der Waals surface area contributed by atoms with Gasteiger partial charge in [-0.25, -0.2) is 0 Å². The summed E-state index contributed by atoms with van der Waals surface area (Å²) in [5.41, 5.74) is -0.0370. The third-order valence-electron chi connectivity index (χ3n) is 3.23. The van der Waals surface area contributed by atoms with E-state index in [9.17, 15) is 13.2 Å². The summed E-state index contributed by atoms with van der Waals surface area (Å²) in [5.74, 6) is 0. The molecule has 0 spiro atoms. The molecule has 0 bridgehead atoms. The van der Waals surface area contributed by atoms with Gasteiger partial charge in [0.05, 0.1) is 11.6 Å². The normalized spacial score (nSPS) is 13.4. The van der Waals surface area contributed by atoms with Crippen molar-refractivity contribution in [2.24, 2.45) is 0 Å². The maximum absolute atomic E-state index is 13.0. The number of aryl methyl sites for hydroxylation is 1. The molecule has 1 nitrogen and oxygen atoms in total. The molecule has 1 aromatic carbocycles. The molecule has 0 aliphatic heterocycles. The van der Waals surface area contributed by atoms with Gasteiger partial charge in [-0.15, -0.1) is 11.3 Å². The van der Waals surface area contributed by atoms with E-state index in [4.69, 9.17) is 0 Å². The highest BCUT2D eigenvalue weighted by atomic mass is 79.9. The number of hydrogen-bond donors (Lipinski definition) is 1. The van der Waals surface area contributed by atoms with Gasteiger partial charge in [-0.05, 0) is 43.3 Å². The molecule has 6 heteroatoms. The van der Waals surface area contributed by atoms with E-state index in [-0.39, 0.29) is 10.5 Å². The van der Waals surface area contributed by atoms with Crippen LogP contribution in [0.3, 0.4) is 0 Å². The zero-order valence-electron chi connectivity index (χ0n) is 11.6. The van der Waals surface area contributed by atoms with Gasteiger partial charge >= 0.3 is 6.18 Å². The molecule has 1 unspecified atom stereocenters. The molecule has 2 aromatic rings. The van der Waals surface area contributed by atoms with Crippen molar-refractivity contribution in [2.45, 2.75) is 25.6 Å². The summed E-state index contributed by atoms with van der Waals surface area (Å²) in [6.07, 6.45) is -3.44. The Morgan fingerprint density at radius 3 is 2.48 bits per heavy atom. The van der Waals surface area contributed by atoms with Crippen molar-refractivity contribution in [3.05, 3.63) is 55.7 Å². The minimum atomic E-state index is -4.36. The van der Waals surface area contributed by atoms with Crippen LogP contribution in [0.25, 0.3) is 0 Å². The lowest BCUT2D eigenvalue weighted by atomic mass is 10.0. The van der Waals surface area contributed by atoms with E-state index in [1.54, 1.807) is 24.5 Å². The molecule has 0 amide bonds. The lowest BCUT2D eigenvalue weighted by molar-refractivity contribution is -0.138. The maximum atomic E-state index is 13.0. The number of thiophene rings is 1. The maximum Gasteiger partial charge on any atom is 0.417 e. The molecule has 0 radical (unpaired) electrons. The lowest BCUT2D eigenvalue weighted by Crippen LogP contribution is -2.17. The Bertz CT molecular complexity index is 622. The van der Waals surface area contributed by atoms with Gasteiger partial charge in [0.1, 0.15) is 0 Å². The average Bonchev–Trinajstić information content (AvgIpc) is 2.89. The Balaban J connectivity index is 2.43. The second kappa shape index (κ2) is 6.50. The fourth-order valence-corrected chi connectivity index (χ4v) is 3.71. The minimum Gasteiger partial charge on any atom is -0.309 e. The van der Waals surface area contributed by atoms with Gasteiger partial charge in [-0.2, -0.15) is 13.2 Å². The standard InChI is InChI=1S/C15H15BrF3NS/c1-3-10-5-7-13(21-10)14(20-2)9-4-6-12(16)11(8-9)15(17,18)19/h4-8,14,20H,3H2,1-2H3. The van der Waals surface area contributed by atoms with Crippen LogP contribution >= 0.6 is 27.3 Å². The van der Waals surface area contributed by atoms with Gasteiger partial charge in [0.2, 0.25) is 0 Å². The molecule has 21 heavy (non-hydrogen) atoms. The minimum absolute atomic E-state index is 0.0639. The van der Waals surface area contributed by atoms with Gasteiger partial charge in [-0.1, -0.05) is 28.9 Å². The fourth-order valence-electron chi connectivity index (χ4n) is 2.15. The van der Waals surface area contributed by atoms with Crippen molar-refractivity contribution in [1.82, 2.24) is 5.32 Å². The number of hydrogen-bond acceptors (Lipinski definition) is 2. The van der Waals surface area contributed by atoms with E-state index >= 15 is 0 Å². The molecule has 0 aliphatic rings. The Kier molecular flexibility index (Phi) is 5.11. The molecular formula is C15H15BrF3NS. The third kappa shape index (κ3) is 3.67. The van der Waals surface area contributed by atoms with Crippen LogP contribution in [0.1, 0.15) is 33.8 Å². The van der Waals surface area contributed by atoms with Crippen LogP contribution in [0.4, 0.5) is 13.2 Å². The zero-order valence-corrected chi connectivity index (χ0v) is 14.0. The molecule has 0 aliphatic carbocycles. The number of alkyl halides is 3. The first-order valence-corrected chi connectivity index (χ1v) is 8.10. The van der Waals surface area contributed by atoms with Gasteiger partial charge in [0.15, 0.2) is 0 Å². The summed E-state index contributed by atoms with van der Waals surface area (Å²) < 4.78 is 39.1. The summed E-state index contributed by atoms with van der Waals surface area (Å²) in [5, 5.41) is 3.10. The number of benzene rings is 1. The highest BCUT2D eigenvalue weighted by Gasteiger charge is 2.33. The first-order chi connectivity index (χ1) is 9.86. The molecule has 0 fully saturated rings. The SMILES string of the molecule is CCc1ccc(C(NC)c2ccc(Br)c(C(F)(F)F)c2)s1. The van der Waals surface area contributed by atoms with E-state index in [0.717, 1.165) is 11.3 Å². The number of nitrogens with one attached hydrogen (secondary N) is 1. The van der Waals surface area contributed by atoms with Crippen LogP contribution in [0.2, 0.25) is 0 Å². The Morgan fingerprint density at radius 1 is 1.24 bits per heavy atom. The quantitative estimate of drug-likeness (QED) is 0.751. The molecular weight excluding hydrogens is 363 g/mol. The second-order valence-corrected chi connectivity index (χ2v) is 6.67. The first-order valence-electron chi connectivity index (χ1n) is 6.49. The van der Waals surface area contributed by atoms with E-state index in [1.807, 2.05) is 12.1 Å². The van der Waals surface area contributed by atoms with Gasteiger partial charge in [-0.3, -0.25) is 0 Å². The monoisotopic (exact) mass is 377 g/mol. The van der Waals surface area contributed by atoms with Gasteiger partial charge in [0.25, 0.3) is 0 Å². The summed E-state index contributed by atoms with van der Waals surface area (Å²) >= 11 is 4.59. The fraction of sp³-hybridized carbons (Fsp3) is 0.333. The average molecular weight is 378 g/mol. The number of halogens is 4. The summed E-state index contributed by atoms with van der Waals surface area (Å²) in [7, 11) is 1.76. The molecule has 1 heterocycles. The van der Waals surface area contributed by atoms with E-state index in [1.165, 1.54) is 17.0 Å². The Hall–Kier alpha value is -0.850. The van der Waals surface area contributed by atoms with Crippen molar-refractivity contribution in [3.63, 3.8) is 0 Å². The van der Waals surface area contributed by atoms with E-state index in [2.05, 4.69) is 28.2 Å². The van der Waals surface area contributed by atoms with E-state index < -0.39 is 11.7 Å². The molecule has 1 N–H and O–H groups in total. The first kappa shape index (κ1) is 16.5. The zero-order chi connectivity index (χ0) is 15.6.